The molecule has 1 aliphatic rings. The summed E-state index contributed by atoms with van der Waals surface area (Å²) in [5.74, 6) is -1.43. The maximum atomic E-state index is 13.3. The highest BCUT2D eigenvalue weighted by Crippen LogP contribution is 2.44. The van der Waals surface area contributed by atoms with Gasteiger partial charge in [-0.3, -0.25) is 0 Å². The summed E-state index contributed by atoms with van der Waals surface area (Å²) in [5, 5.41) is 15.6. The van der Waals surface area contributed by atoms with Crippen molar-refractivity contribution in [3.8, 4) is 0 Å². The molecule has 5 nitrogen and oxygen atoms in total. The van der Waals surface area contributed by atoms with Gasteiger partial charge < -0.3 is 10.4 Å². The van der Waals surface area contributed by atoms with E-state index >= 15 is 0 Å². The van der Waals surface area contributed by atoms with Crippen LogP contribution in [-0.4, -0.2) is 27.0 Å². The summed E-state index contributed by atoms with van der Waals surface area (Å²) >= 11 is 0. The number of rotatable bonds is 2. The largest absolute Gasteiger partial charge is 0.477 e. The fourth-order valence-corrected chi connectivity index (χ4v) is 2.62. The van der Waals surface area contributed by atoms with E-state index in [1.807, 2.05) is 0 Å². The van der Waals surface area contributed by atoms with E-state index in [9.17, 15) is 18.0 Å². The molecule has 116 valence electrons. The first-order valence-electron chi connectivity index (χ1n) is 6.57. The molecule has 0 bridgehead atoms. The van der Waals surface area contributed by atoms with Crippen molar-refractivity contribution in [2.24, 2.45) is 0 Å². The third-order valence-corrected chi connectivity index (χ3v) is 3.67. The number of carboxylic acid groups (broad SMARTS) is 1. The van der Waals surface area contributed by atoms with Crippen molar-refractivity contribution in [3.63, 3.8) is 0 Å². The van der Waals surface area contributed by atoms with Gasteiger partial charge in [0.25, 0.3) is 0 Å². The molecule has 3 rings (SSSR count). The molecule has 2 aromatic rings. The highest BCUT2D eigenvalue weighted by atomic mass is 19.4. The summed E-state index contributed by atoms with van der Waals surface area (Å²) < 4.78 is 40.6. The second-order valence-electron chi connectivity index (χ2n) is 5.06. The van der Waals surface area contributed by atoms with Gasteiger partial charge >= 0.3 is 12.1 Å². The van der Waals surface area contributed by atoms with Crippen LogP contribution >= 0.6 is 0 Å². The second kappa shape index (κ2) is 5.04. The van der Waals surface area contributed by atoms with E-state index in [-0.39, 0.29) is 17.8 Å². The quantitative estimate of drug-likeness (QED) is 0.893. The van der Waals surface area contributed by atoms with Crippen molar-refractivity contribution < 1.29 is 23.1 Å². The number of halogens is 3. The van der Waals surface area contributed by atoms with E-state index in [0.29, 0.717) is 10.2 Å². The lowest BCUT2D eigenvalue weighted by Crippen LogP contribution is -2.36. The average molecular weight is 311 g/mol. The Morgan fingerprint density at radius 3 is 2.59 bits per heavy atom. The maximum absolute atomic E-state index is 13.3. The normalized spacial score (nSPS) is 21.0. The number of carbonyl (C=O) groups is 1. The fourth-order valence-electron chi connectivity index (χ4n) is 2.62. The minimum atomic E-state index is -4.51. The molecule has 1 aromatic heterocycles. The summed E-state index contributed by atoms with van der Waals surface area (Å²) in [4.78, 5) is 11.2. The predicted molar refractivity (Wildman–Crippen MR) is 71.7 cm³/mol. The number of aromatic nitrogens is 2. The van der Waals surface area contributed by atoms with Crippen LogP contribution in [0.25, 0.3) is 0 Å². The van der Waals surface area contributed by atoms with Crippen molar-refractivity contribution in [2.45, 2.75) is 24.7 Å². The second-order valence-corrected chi connectivity index (χ2v) is 5.06. The zero-order valence-corrected chi connectivity index (χ0v) is 11.2. The third kappa shape index (κ3) is 2.40. The number of nitrogens with one attached hydrogen (secondary N) is 1. The summed E-state index contributed by atoms with van der Waals surface area (Å²) in [6, 6.07) is 6.14. The minimum Gasteiger partial charge on any atom is -0.477 e. The number of hydrogen-bond donors (Lipinski definition) is 2. The molecule has 0 spiro atoms. The number of aromatic carboxylic acids is 1. The monoisotopic (exact) mass is 311 g/mol. The highest BCUT2D eigenvalue weighted by Gasteiger charge is 2.47. The van der Waals surface area contributed by atoms with Crippen LogP contribution in [0.15, 0.2) is 36.5 Å². The van der Waals surface area contributed by atoms with Crippen LogP contribution in [0.3, 0.4) is 0 Å². The van der Waals surface area contributed by atoms with Crippen LogP contribution in [-0.2, 0) is 0 Å². The van der Waals surface area contributed by atoms with Gasteiger partial charge in [0.2, 0.25) is 0 Å². The van der Waals surface area contributed by atoms with Crippen molar-refractivity contribution in [1.29, 1.82) is 0 Å². The average Bonchev–Trinajstić information content (AvgIpc) is 2.90. The summed E-state index contributed by atoms with van der Waals surface area (Å²) in [7, 11) is 0. The van der Waals surface area contributed by atoms with Gasteiger partial charge in [0.1, 0.15) is 11.4 Å². The third-order valence-electron chi connectivity index (χ3n) is 3.67. The number of anilines is 1. The molecule has 0 saturated carbocycles. The van der Waals surface area contributed by atoms with E-state index in [1.54, 1.807) is 30.3 Å². The Morgan fingerprint density at radius 2 is 2.00 bits per heavy atom. The Balaban J connectivity index is 2.07. The predicted octanol–water partition coefficient (Wildman–Crippen LogP) is 3.24. The van der Waals surface area contributed by atoms with Crippen LogP contribution in [0.1, 0.15) is 34.4 Å². The molecular weight excluding hydrogens is 299 g/mol. The molecule has 0 radical (unpaired) electrons. The fraction of sp³-hybridized carbons (Fsp3) is 0.286. The first kappa shape index (κ1) is 14.4. The molecule has 1 aromatic carbocycles. The van der Waals surface area contributed by atoms with E-state index in [0.717, 1.165) is 6.20 Å². The van der Waals surface area contributed by atoms with Gasteiger partial charge in [-0.25, -0.2) is 9.48 Å². The van der Waals surface area contributed by atoms with Gasteiger partial charge in [-0.15, -0.1) is 0 Å². The van der Waals surface area contributed by atoms with Gasteiger partial charge in [0.15, 0.2) is 6.04 Å². The summed E-state index contributed by atoms with van der Waals surface area (Å²) in [5.41, 5.74) is 0.399. The molecule has 2 heterocycles. The van der Waals surface area contributed by atoms with Crippen LogP contribution < -0.4 is 5.32 Å². The molecule has 0 unspecified atom stereocenters. The number of hydrogen-bond acceptors (Lipinski definition) is 3. The molecular formula is C14H12F3N3O2. The lowest BCUT2D eigenvalue weighted by molar-refractivity contribution is -0.173. The minimum absolute atomic E-state index is 0.116. The van der Waals surface area contributed by atoms with Gasteiger partial charge in [-0.1, -0.05) is 30.3 Å². The number of carboxylic acids is 1. The summed E-state index contributed by atoms with van der Waals surface area (Å²) in [6.07, 6.45) is -3.82. The maximum Gasteiger partial charge on any atom is 0.410 e. The molecule has 1 aliphatic heterocycles. The first-order valence-corrected chi connectivity index (χ1v) is 6.57. The molecule has 22 heavy (non-hydrogen) atoms. The Bertz CT molecular complexity index is 697. The van der Waals surface area contributed by atoms with E-state index in [1.165, 1.54) is 0 Å². The Morgan fingerprint density at radius 1 is 1.32 bits per heavy atom. The van der Waals surface area contributed by atoms with E-state index in [4.69, 9.17) is 5.11 Å². The number of benzene rings is 1. The van der Waals surface area contributed by atoms with E-state index in [2.05, 4.69) is 10.4 Å². The van der Waals surface area contributed by atoms with Crippen molar-refractivity contribution in [2.75, 3.05) is 5.32 Å². The molecule has 0 saturated heterocycles. The van der Waals surface area contributed by atoms with Crippen LogP contribution in [0.2, 0.25) is 0 Å². The van der Waals surface area contributed by atoms with E-state index < -0.39 is 24.2 Å². The van der Waals surface area contributed by atoms with Gasteiger partial charge in [0.05, 0.1) is 12.2 Å². The SMILES string of the molecule is O=C(O)c1cnn2c1N[C@@H](c1ccccc1)C[C@H]2C(F)(F)F. The van der Waals surface area contributed by atoms with Crippen molar-refractivity contribution in [1.82, 2.24) is 9.78 Å². The Labute approximate surface area is 123 Å². The zero-order valence-electron chi connectivity index (χ0n) is 11.2. The molecule has 0 fully saturated rings. The number of alkyl halides is 3. The molecule has 2 N–H and O–H groups in total. The van der Waals surface area contributed by atoms with Gasteiger partial charge in [-0.05, 0) is 5.56 Å². The Kier molecular flexibility index (Phi) is 3.31. The van der Waals surface area contributed by atoms with Crippen LogP contribution in [0.5, 0.6) is 0 Å². The smallest absolute Gasteiger partial charge is 0.410 e. The van der Waals surface area contributed by atoms with Gasteiger partial charge in [0, 0.05) is 6.42 Å². The van der Waals surface area contributed by atoms with Crippen LogP contribution in [0, 0.1) is 0 Å². The lowest BCUT2D eigenvalue weighted by Gasteiger charge is -2.33. The highest BCUT2D eigenvalue weighted by molar-refractivity contribution is 5.93. The van der Waals surface area contributed by atoms with Gasteiger partial charge in [-0.2, -0.15) is 18.3 Å². The number of fused-ring (bicyclic) bond motifs is 1. The topological polar surface area (TPSA) is 67.1 Å². The molecule has 0 aliphatic carbocycles. The molecule has 2 atom stereocenters. The molecule has 0 amide bonds. The lowest BCUT2D eigenvalue weighted by atomic mass is 9.96. The molecule has 8 heteroatoms. The number of nitrogens with zero attached hydrogens (tertiary/aromatic N) is 2. The summed E-state index contributed by atoms with van der Waals surface area (Å²) in [6.45, 7) is 0. The van der Waals surface area contributed by atoms with Crippen molar-refractivity contribution in [3.05, 3.63) is 47.7 Å². The Hall–Kier alpha value is -2.51. The van der Waals surface area contributed by atoms with Crippen LogP contribution in [0.4, 0.5) is 19.0 Å². The first-order chi connectivity index (χ1) is 10.4. The van der Waals surface area contributed by atoms with Crippen molar-refractivity contribution >= 4 is 11.8 Å². The zero-order chi connectivity index (χ0) is 15.9. The standard InChI is InChI=1S/C14H12F3N3O2/c15-14(16,17)11-6-10(8-4-2-1-3-5-8)19-12-9(13(21)22)7-18-20(11)12/h1-5,7,10-11,19H,6H2,(H,21,22)/t10-,11+/m1/s1.